The molecule has 2 fully saturated rings. The molecule has 3 aliphatic heterocycles. The van der Waals surface area contributed by atoms with Crippen molar-refractivity contribution in [2.45, 2.75) is 83.2 Å². The summed E-state index contributed by atoms with van der Waals surface area (Å²) in [6.07, 6.45) is 10.8. The second-order valence-corrected chi connectivity index (χ2v) is 17.1. The maximum atomic E-state index is 13.6. The van der Waals surface area contributed by atoms with Crippen LogP contribution in [-0.4, -0.2) is 82.6 Å². The maximum absolute atomic E-state index is 13.6. The molecule has 5 atom stereocenters. The van der Waals surface area contributed by atoms with Gasteiger partial charge in [-0.25, -0.2) is 13.1 Å². The van der Waals surface area contributed by atoms with E-state index < -0.39 is 26.8 Å². The molecule has 2 aromatic carbocycles. The number of aryl methyl sites for hydroxylation is 1. The minimum Gasteiger partial charge on any atom is -0.487 e. The first-order valence-electron chi connectivity index (χ1n) is 18.6. The molecule has 1 N–H and O–H groups in total. The molecule has 2 aromatic rings. The van der Waals surface area contributed by atoms with Gasteiger partial charge < -0.3 is 19.1 Å². The van der Waals surface area contributed by atoms with Crippen molar-refractivity contribution in [3.8, 4) is 5.75 Å². The smallest absolute Gasteiger partial charge is 0.264 e. The highest BCUT2D eigenvalue weighted by atomic mass is 35.5. The molecule has 11 heteroatoms. The summed E-state index contributed by atoms with van der Waals surface area (Å²) in [6, 6.07) is 11.3. The number of nitrogens with one attached hydrogen (secondary N) is 1. The number of allylic oxidation sites excluding steroid dienone is 1. The minimum atomic E-state index is -3.94. The van der Waals surface area contributed by atoms with Crippen molar-refractivity contribution in [2.75, 3.05) is 57.4 Å². The summed E-state index contributed by atoms with van der Waals surface area (Å²) in [5.74, 6) is 0.523. The largest absolute Gasteiger partial charge is 0.487 e. The number of amides is 1. The molecule has 6 rings (SSSR count). The Morgan fingerprint density at radius 3 is 2.62 bits per heavy atom. The molecule has 1 aliphatic carbocycles. The first-order chi connectivity index (χ1) is 24.1. The van der Waals surface area contributed by atoms with Crippen LogP contribution in [0.3, 0.4) is 0 Å². The number of fused-ring (bicyclic) bond motifs is 3. The van der Waals surface area contributed by atoms with Crippen LogP contribution in [0.15, 0.2) is 48.6 Å². The predicted molar refractivity (Wildman–Crippen MR) is 199 cm³/mol. The molecular weight excluding hydrogens is 674 g/mol. The molecule has 0 unspecified atom stereocenters. The summed E-state index contributed by atoms with van der Waals surface area (Å²) in [5.41, 5.74) is 2.94. The van der Waals surface area contributed by atoms with Crippen molar-refractivity contribution in [3.05, 3.63) is 70.3 Å². The van der Waals surface area contributed by atoms with Crippen molar-refractivity contribution < 1.29 is 27.4 Å². The van der Waals surface area contributed by atoms with Gasteiger partial charge in [-0.1, -0.05) is 43.7 Å². The van der Waals surface area contributed by atoms with Gasteiger partial charge in [-0.2, -0.15) is 0 Å². The van der Waals surface area contributed by atoms with Crippen LogP contribution in [0.1, 0.15) is 80.8 Å². The number of carbonyl (C=O) groups excluding carboxylic acids is 1. The number of benzene rings is 2. The maximum Gasteiger partial charge on any atom is 0.264 e. The topological polar surface area (TPSA) is 97.4 Å². The van der Waals surface area contributed by atoms with Gasteiger partial charge in [-0.3, -0.25) is 9.69 Å². The van der Waals surface area contributed by atoms with Crippen molar-refractivity contribution in [2.24, 2.45) is 17.8 Å². The number of nitrogens with zero attached hydrogens (tertiary/aromatic N) is 2. The third-order valence-corrected chi connectivity index (χ3v) is 13.8. The lowest BCUT2D eigenvalue weighted by atomic mass is 9.63. The van der Waals surface area contributed by atoms with Crippen molar-refractivity contribution in [1.82, 2.24) is 9.62 Å². The molecule has 0 spiro atoms. The summed E-state index contributed by atoms with van der Waals surface area (Å²) in [5, 5.41) is -0.0527. The van der Waals surface area contributed by atoms with Gasteiger partial charge in [0.1, 0.15) is 12.4 Å². The molecule has 50 heavy (non-hydrogen) atoms. The lowest BCUT2D eigenvalue weighted by Crippen LogP contribution is -2.52. The minimum absolute atomic E-state index is 0.210. The van der Waals surface area contributed by atoms with Crippen LogP contribution >= 0.6 is 11.6 Å². The normalized spacial score (nSPS) is 30.0. The molecule has 0 radical (unpaired) electrons. The van der Waals surface area contributed by atoms with Crippen LogP contribution in [0.4, 0.5) is 5.69 Å². The lowest BCUT2D eigenvalue weighted by Gasteiger charge is -2.50. The zero-order chi connectivity index (χ0) is 35.3. The monoisotopic (exact) mass is 727 g/mol. The molecule has 274 valence electrons. The van der Waals surface area contributed by atoms with E-state index >= 15 is 0 Å². The number of hydrogen-bond donors (Lipinski definition) is 1. The average molecular weight is 728 g/mol. The Morgan fingerprint density at radius 2 is 1.86 bits per heavy atom. The molecule has 1 saturated carbocycles. The zero-order valence-corrected chi connectivity index (χ0v) is 31.4. The van der Waals surface area contributed by atoms with Crippen LogP contribution in [0.2, 0.25) is 5.02 Å². The fraction of sp³-hybridized carbons (Fsp3) is 0.615. The van der Waals surface area contributed by atoms with Gasteiger partial charge in [0.15, 0.2) is 0 Å². The highest BCUT2D eigenvalue weighted by Crippen LogP contribution is 2.48. The number of rotatable bonds is 5. The van der Waals surface area contributed by atoms with Gasteiger partial charge >= 0.3 is 0 Å². The Hall–Kier alpha value is -2.63. The number of morpholine rings is 1. The van der Waals surface area contributed by atoms with Crippen molar-refractivity contribution >= 4 is 33.2 Å². The van der Waals surface area contributed by atoms with E-state index in [2.05, 4.69) is 33.6 Å². The summed E-state index contributed by atoms with van der Waals surface area (Å²) in [7, 11) is -3.94. The van der Waals surface area contributed by atoms with E-state index in [0.717, 1.165) is 101 Å². The predicted octanol–water partition coefficient (Wildman–Crippen LogP) is 6.63. The number of hydrogen-bond acceptors (Lipinski definition) is 8. The first-order valence-corrected chi connectivity index (χ1v) is 20.5. The van der Waals surface area contributed by atoms with E-state index in [0.29, 0.717) is 42.8 Å². The van der Waals surface area contributed by atoms with Crippen molar-refractivity contribution in [1.29, 1.82) is 0 Å². The molecule has 3 heterocycles. The highest BCUT2D eigenvalue weighted by Gasteiger charge is 2.47. The number of ether oxygens (including phenoxy) is 3. The highest BCUT2D eigenvalue weighted by molar-refractivity contribution is 7.90. The molecule has 9 nitrogen and oxygen atoms in total. The average Bonchev–Trinajstić information content (AvgIpc) is 3.12. The Labute approximate surface area is 303 Å². The third-order valence-electron chi connectivity index (χ3n) is 11.6. The standard InChI is InChI=1S/C39H54ClN3O6S/c1-4-39(49-23-20-42-18-21-47-22-19-42)16-7-8-28(2)29(3)50(45,46)41-38(44)31-12-15-37-36(25-31)43(26-32-11-14-35(32)39)17-6-5-9-30-24-34(40)13-10-33(30)27-48-37/h7,10,12-13,15-16,24-25,28-29,32,35H,4-6,8-9,11,14,17-23,26-27H2,1-3H3,(H,41,44)/b16-7+/t28-,29+,32-,35+,39+/m0/s1. The Bertz CT molecular complexity index is 1630. The van der Waals surface area contributed by atoms with Crippen LogP contribution in [0.5, 0.6) is 5.75 Å². The van der Waals surface area contributed by atoms with Crippen LogP contribution < -0.4 is 14.4 Å². The van der Waals surface area contributed by atoms with E-state index in [1.54, 1.807) is 13.0 Å². The van der Waals surface area contributed by atoms with E-state index in [1.165, 1.54) is 5.56 Å². The third kappa shape index (κ3) is 8.52. The van der Waals surface area contributed by atoms with Crippen LogP contribution in [0.25, 0.3) is 0 Å². The van der Waals surface area contributed by atoms with Crippen molar-refractivity contribution in [3.63, 3.8) is 0 Å². The fourth-order valence-electron chi connectivity index (χ4n) is 8.00. The SMILES string of the molecule is CC[C@@]1(OCCN2CCOCC2)/C=C/C[C@H](C)[C@@H](C)S(=O)(=O)NC(=O)c2ccc3c(c2)N(CCCCc2cc(Cl)ccc2CO3)C[C@@H]2CC[C@H]21. The summed E-state index contributed by atoms with van der Waals surface area (Å²) in [6.45, 7) is 12.6. The van der Waals surface area contributed by atoms with Gasteiger partial charge in [0.2, 0.25) is 10.0 Å². The van der Waals surface area contributed by atoms with Gasteiger partial charge in [0.25, 0.3) is 5.91 Å². The quantitative estimate of drug-likeness (QED) is 0.343. The zero-order valence-electron chi connectivity index (χ0n) is 29.9. The number of anilines is 1. The van der Waals surface area contributed by atoms with E-state index in [9.17, 15) is 13.2 Å². The van der Waals surface area contributed by atoms with Gasteiger partial charge in [-0.15, -0.1) is 0 Å². The summed E-state index contributed by atoms with van der Waals surface area (Å²) < 4.78 is 48.5. The Kier molecular flexibility index (Phi) is 12.2. The summed E-state index contributed by atoms with van der Waals surface area (Å²) in [4.78, 5) is 18.3. The second kappa shape index (κ2) is 16.4. The second-order valence-electron chi connectivity index (χ2n) is 14.6. The van der Waals surface area contributed by atoms with Gasteiger partial charge in [-0.05, 0) is 111 Å². The van der Waals surface area contributed by atoms with Gasteiger partial charge in [0.05, 0.1) is 36.4 Å². The molecule has 1 saturated heterocycles. The first kappa shape index (κ1) is 37.1. The van der Waals surface area contributed by atoms with Crippen LogP contribution in [-0.2, 0) is 32.5 Å². The van der Waals surface area contributed by atoms with E-state index in [-0.39, 0.29) is 5.92 Å². The molecular formula is C39H54ClN3O6S. The Balaban J connectivity index is 1.36. The molecule has 1 amide bonds. The molecule has 0 aromatic heterocycles. The molecule has 2 bridgehead atoms. The number of halogens is 1. The molecule has 4 aliphatic rings. The van der Waals surface area contributed by atoms with E-state index in [4.69, 9.17) is 25.8 Å². The Morgan fingerprint density at radius 1 is 1.04 bits per heavy atom. The fourth-order valence-corrected chi connectivity index (χ4v) is 9.48. The number of sulfonamides is 1. The van der Waals surface area contributed by atoms with Gasteiger partial charge in [0, 0.05) is 43.3 Å². The van der Waals surface area contributed by atoms with Crippen LogP contribution in [0, 0.1) is 17.8 Å². The van der Waals surface area contributed by atoms with E-state index in [1.807, 2.05) is 37.3 Å². The number of carbonyl (C=O) groups is 1. The summed E-state index contributed by atoms with van der Waals surface area (Å²) >= 11 is 6.39. The lowest BCUT2D eigenvalue weighted by molar-refractivity contribution is -0.107.